The molecule has 17 heavy (non-hydrogen) atoms. The summed E-state index contributed by atoms with van der Waals surface area (Å²) < 4.78 is 5.27. The maximum absolute atomic E-state index is 11.9. The van der Waals surface area contributed by atoms with E-state index in [1.165, 1.54) is 12.3 Å². The molecule has 2 aromatic rings. The minimum atomic E-state index is -0.318. The van der Waals surface area contributed by atoms with E-state index in [-0.39, 0.29) is 17.0 Å². The van der Waals surface area contributed by atoms with Crippen molar-refractivity contribution < 1.29 is 9.21 Å². The Labute approximate surface area is 103 Å². The molecule has 0 bridgehead atoms. The molecule has 0 spiro atoms. The smallest absolute Gasteiger partial charge is 0.261 e. The van der Waals surface area contributed by atoms with Gasteiger partial charge in [-0.25, -0.2) is 9.97 Å². The average Bonchev–Trinajstić information content (AvgIpc) is 2.58. The van der Waals surface area contributed by atoms with Crippen LogP contribution in [0.2, 0.25) is 5.15 Å². The largest absolute Gasteiger partial charge is 0.466 e. The molecule has 2 heterocycles. The molecule has 0 aliphatic heterocycles. The van der Waals surface area contributed by atoms with E-state index in [0.717, 1.165) is 0 Å². The number of furan rings is 1. The molecule has 6 heteroatoms. The first-order valence-corrected chi connectivity index (χ1v) is 5.31. The van der Waals surface area contributed by atoms with Crippen LogP contribution in [-0.4, -0.2) is 15.9 Å². The molecular formula is C11H10ClN3O2. The van der Waals surface area contributed by atoms with Gasteiger partial charge in [-0.1, -0.05) is 11.6 Å². The zero-order valence-corrected chi connectivity index (χ0v) is 10.1. The number of anilines is 1. The van der Waals surface area contributed by atoms with Crippen molar-refractivity contribution in [2.75, 3.05) is 5.32 Å². The lowest BCUT2D eigenvalue weighted by molar-refractivity contribution is 0.102. The fourth-order valence-corrected chi connectivity index (χ4v) is 1.56. The number of aryl methyl sites for hydroxylation is 2. The Morgan fingerprint density at radius 1 is 1.47 bits per heavy atom. The first kappa shape index (κ1) is 11.6. The van der Waals surface area contributed by atoms with E-state index in [1.807, 2.05) is 0 Å². The minimum absolute atomic E-state index is 0.167. The van der Waals surface area contributed by atoms with Crippen molar-refractivity contribution in [2.24, 2.45) is 0 Å². The van der Waals surface area contributed by atoms with Crippen LogP contribution in [0.3, 0.4) is 0 Å². The van der Waals surface area contributed by atoms with Gasteiger partial charge in [0.25, 0.3) is 5.91 Å². The van der Waals surface area contributed by atoms with Gasteiger partial charge in [0, 0.05) is 6.20 Å². The summed E-state index contributed by atoms with van der Waals surface area (Å²) in [4.78, 5) is 19.6. The maximum atomic E-state index is 11.9. The van der Waals surface area contributed by atoms with Gasteiger partial charge >= 0.3 is 0 Å². The highest BCUT2D eigenvalue weighted by molar-refractivity contribution is 6.29. The number of carbonyl (C=O) groups is 1. The van der Waals surface area contributed by atoms with E-state index in [2.05, 4.69) is 15.3 Å². The fourth-order valence-electron chi connectivity index (χ4n) is 1.42. The molecular weight excluding hydrogens is 242 g/mol. The number of nitrogens with zero attached hydrogens (tertiary/aromatic N) is 2. The number of carbonyl (C=O) groups excluding carboxylic acids is 1. The van der Waals surface area contributed by atoms with E-state index in [0.29, 0.717) is 17.1 Å². The number of amides is 1. The molecule has 0 aliphatic carbocycles. The summed E-state index contributed by atoms with van der Waals surface area (Å²) >= 11 is 5.69. The van der Waals surface area contributed by atoms with Crippen LogP contribution < -0.4 is 5.32 Å². The summed E-state index contributed by atoms with van der Waals surface area (Å²) in [5.41, 5.74) is 0.464. The molecule has 0 radical (unpaired) electrons. The number of nitrogens with one attached hydrogen (secondary N) is 1. The Morgan fingerprint density at radius 3 is 2.82 bits per heavy atom. The lowest BCUT2D eigenvalue weighted by Gasteiger charge is -2.01. The zero-order chi connectivity index (χ0) is 12.4. The van der Waals surface area contributed by atoms with Crippen LogP contribution in [-0.2, 0) is 0 Å². The topological polar surface area (TPSA) is 68.0 Å². The second-order valence-electron chi connectivity index (χ2n) is 3.48. The molecule has 2 aromatic heterocycles. The van der Waals surface area contributed by atoms with E-state index in [9.17, 15) is 4.79 Å². The van der Waals surface area contributed by atoms with Gasteiger partial charge in [-0.15, -0.1) is 0 Å². The van der Waals surface area contributed by atoms with Crippen LogP contribution >= 0.6 is 11.6 Å². The van der Waals surface area contributed by atoms with Crippen molar-refractivity contribution in [3.63, 3.8) is 0 Å². The highest BCUT2D eigenvalue weighted by Gasteiger charge is 2.14. The molecule has 0 saturated heterocycles. The summed E-state index contributed by atoms with van der Waals surface area (Å²) in [6, 6.07) is 3.19. The van der Waals surface area contributed by atoms with Gasteiger partial charge in [0.2, 0.25) is 5.95 Å². The van der Waals surface area contributed by atoms with Gasteiger partial charge in [0.1, 0.15) is 16.7 Å². The summed E-state index contributed by atoms with van der Waals surface area (Å²) in [5, 5.41) is 2.82. The molecule has 0 unspecified atom stereocenters. The second-order valence-corrected chi connectivity index (χ2v) is 3.87. The van der Waals surface area contributed by atoms with Crippen molar-refractivity contribution in [1.29, 1.82) is 0 Å². The van der Waals surface area contributed by atoms with Gasteiger partial charge in [0.05, 0.1) is 5.56 Å². The Morgan fingerprint density at radius 2 is 2.24 bits per heavy atom. The first-order chi connectivity index (χ1) is 8.06. The fraction of sp³-hybridized carbons (Fsp3) is 0.182. The molecule has 1 amide bonds. The quantitative estimate of drug-likeness (QED) is 0.833. The normalized spacial score (nSPS) is 10.3. The summed E-state index contributed by atoms with van der Waals surface area (Å²) in [6.07, 6.45) is 1.47. The SMILES string of the molecule is Cc1cc(C(=O)Nc2nccc(Cl)n2)c(C)o1. The third-order valence-corrected chi connectivity index (χ3v) is 2.34. The van der Waals surface area contributed by atoms with Gasteiger partial charge < -0.3 is 4.42 Å². The van der Waals surface area contributed by atoms with Gasteiger partial charge in [0.15, 0.2) is 0 Å². The molecule has 0 aliphatic rings. The Bertz CT molecular complexity index is 566. The lowest BCUT2D eigenvalue weighted by Crippen LogP contribution is -2.14. The number of halogens is 1. The predicted octanol–water partition coefficient (Wildman–Crippen LogP) is 2.59. The summed E-state index contributed by atoms with van der Waals surface area (Å²) in [7, 11) is 0. The minimum Gasteiger partial charge on any atom is -0.466 e. The van der Waals surface area contributed by atoms with Crippen molar-refractivity contribution >= 4 is 23.5 Å². The molecule has 5 nitrogen and oxygen atoms in total. The van der Waals surface area contributed by atoms with Crippen molar-refractivity contribution in [2.45, 2.75) is 13.8 Å². The van der Waals surface area contributed by atoms with E-state index in [1.54, 1.807) is 19.9 Å². The highest BCUT2D eigenvalue weighted by Crippen LogP contribution is 2.15. The first-order valence-electron chi connectivity index (χ1n) is 4.93. The van der Waals surface area contributed by atoms with Gasteiger partial charge in [-0.2, -0.15) is 0 Å². The molecule has 0 fully saturated rings. The van der Waals surface area contributed by atoms with Crippen LogP contribution in [0.4, 0.5) is 5.95 Å². The maximum Gasteiger partial charge on any atom is 0.261 e. The highest BCUT2D eigenvalue weighted by atomic mass is 35.5. The Hall–Kier alpha value is -1.88. The van der Waals surface area contributed by atoms with Crippen LogP contribution in [0, 0.1) is 13.8 Å². The van der Waals surface area contributed by atoms with Crippen LogP contribution in [0.25, 0.3) is 0 Å². The summed E-state index contributed by atoms with van der Waals surface area (Å²) in [6.45, 7) is 3.50. The average molecular weight is 252 g/mol. The third kappa shape index (κ3) is 2.62. The van der Waals surface area contributed by atoms with Crippen molar-refractivity contribution in [1.82, 2.24) is 9.97 Å². The molecule has 0 saturated carbocycles. The Balaban J connectivity index is 2.20. The number of hydrogen-bond acceptors (Lipinski definition) is 4. The van der Waals surface area contributed by atoms with Gasteiger partial charge in [-0.05, 0) is 26.0 Å². The van der Waals surface area contributed by atoms with Crippen molar-refractivity contribution in [3.05, 3.63) is 40.6 Å². The molecule has 2 rings (SSSR count). The van der Waals surface area contributed by atoms with Crippen molar-refractivity contribution in [3.8, 4) is 0 Å². The number of aromatic nitrogens is 2. The third-order valence-electron chi connectivity index (χ3n) is 2.13. The molecule has 88 valence electrons. The standard InChI is InChI=1S/C11H10ClN3O2/c1-6-5-8(7(2)17-6)10(16)15-11-13-4-3-9(12)14-11/h3-5H,1-2H3,(H,13,14,15,16). The number of hydrogen-bond donors (Lipinski definition) is 1. The van der Waals surface area contributed by atoms with E-state index in [4.69, 9.17) is 16.0 Å². The Kier molecular flexibility index (Phi) is 3.10. The molecule has 0 atom stereocenters. The van der Waals surface area contributed by atoms with Gasteiger partial charge in [-0.3, -0.25) is 10.1 Å². The zero-order valence-electron chi connectivity index (χ0n) is 9.32. The predicted molar refractivity (Wildman–Crippen MR) is 63.2 cm³/mol. The van der Waals surface area contributed by atoms with E-state index >= 15 is 0 Å². The van der Waals surface area contributed by atoms with Crippen LogP contribution in [0.1, 0.15) is 21.9 Å². The van der Waals surface area contributed by atoms with Crippen LogP contribution in [0.5, 0.6) is 0 Å². The monoisotopic (exact) mass is 251 g/mol. The number of rotatable bonds is 2. The molecule has 1 N–H and O–H groups in total. The van der Waals surface area contributed by atoms with E-state index < -0.39 is 0 Å². The summed E-state index contributed by atoms with van der Waals surface area (Å²) in [5.74, 6) is 1.09. The second kappa shape index (κ2) is 4.55. The molecule has 0 aromatic carbocycles. The van der Waals surface area contributed by atoms with Crippen LogP contribution in [0.15, 0.2) is 22.7 Å². The lowest BCUT2D eigenvalue weighted by atomic mass is 10.2.